The van der Waals surface area contributed by atoms with E-state index in [1.807, 2.05) is 6.20 Å². The van der Waals surface area contributed by atoms with Gasteiger partial charge in [-0.25, -0.2) is 4.98 Å². The van der Waals surface area contributed by atoms with Crippen LogP contribution in [-0.2, 0) is 5.41 Å². The van der Waals surface area contributed by atoms with E-state index in [2.05, 4.69) is 62.0 Å². The van der Waals surface area contributed by atoms with Gasteiger partial charge in [0.1, 0.15) is 5.82 Å². The summed E-state index contributed by atoms with van der Waals surface area (Å²) in [7, 11) is 0. The Morgan fingerprint density at radius 1 is 1.24 bits per heavy atom. The minimum atomic E-state index is 0.182. The van der Waals surface area contributed by atoms with Crippen molar-refractivity contribution in [2.75, 3.05) is 24.5 Å². The lowest BCUT2D eigenvalue weighted by molar-refractivity contribution is 0.370. The Bertz CT molecular complexity index is 423. The molecule has 1 fully saturated rings. The third-order valence-corrected chi connectivity index (χ3v) is 4.37. The van der Waals surface area contributed by atoms with E-state index in [9.17, 15) is 0 Å². The average molecular weight is 289 g/mol. The van der Waals surface area contributed by atoms with Crippen LogP contribution in [0.15, 0.2) is 18.3 Å². The van der Waals surface area contributed by atoms with Crippen LogP contribution in [0, 0.1) is 5.92 Å². The van der Waals surface area contributed by atoms with Gasteiger partial charge in [0, 0.05) is 25.3 Å². The molecule has 0 atom stereocenters. The predicted octanol–water partition coefficient (Wildman–Crippen LogP) is 3.59. The summed E-state index contributed by atoms with van der Waals surface area (Å²) in [6.45, 7) is 14.6. The van der Waals surface area contributed by atoms with Crippen LogP contribution < -0.4 is 10.2 Å². The van der Waals surface area contributed by atoms with Crippen LogP contribution in [0.3, 0.4) is 0 Å². The molecule has 2 rings (SSSR count). The first-order valence-corrected chi connectivity index (χ1v) is 8.31. The topological polar surface area (TPSA) is 28.2 Å². The molecule has 0 amide bonds. The van der Waals surface area contributed by atoms with E-state index in [1.165, 1.54) is 18.4 Å². The van der Waals surface area contributed by atoms with Crippen molar-refractivity contribution in [1.82, 2.24) is 10.3 Å². The third-order valence-electron chi connectivity index (χ3n) is 4.37. The Morgan fingerprint density at radius 3 is 2.38 bits per heavy atom. The van der Waals surface area contributed by atoms with Crippen LogP contribution in [0.2, 0.25) is 0 Å². The van der Waals surface area contributed by atoms with Gasteiger partial charge in [-0.3, -0.25) is 0 Å². The minimum Gasteiger partial charge on any atom is -0.357 e. The van der Waals surface area contributed by atoms with Crippen molar-refractivity contribution in [1.29, 1.82) is 0 Å². The molecule has 3 heteroatoms. The van der Waals surface area contributed by atoms with Gasteiger partial charge in [0.05, 0.1) is 0 Å². The van der Waals surface area contributed by atoms with E-state index in [4.69, 9.17) is 0 Å². The zero-order chi connectivity index (χ0) is 15.5. The van der Waals surface area contributed by atoms with Crippen molar-refractivity contribution < 1.29 is 0 Å². The van der Waals surface area contributed by atoms with Crippen molar-refractivity contribution in [3.63, 3.8) is 0 Å². The first kappa shape index (κ1) is 16.3. The number of nitrogens with one attached hydrogen (secondary N) is 1. The maximum atomic E-state index is 4.68. The second-order valence-electron chi connectivity index (χ2n) is 7.65. The Morgan fingerprint density at radius 2 is 1.90 bits per heavy atom. The highest BCUT2D eigenvalue weighted by atomic mass is 15.2. The average Bonchev–Trinajstić information content (AvgIpc) is 2.45. The summed E-state index contributed by atoms with van der Waals surface area (Å²) in [5.41, 5.74) is 1.49. The molecule has 1 N–H and O–H groups in total. The van der Waals surface area contributed by atoms with Gasteiger partial charge in [-0.2, -0.15) is 0 Å². The van der Waals surface area contributed by atoms with E-state index >= 15 is 0 Å². The molecule has 0 unspecified atom stereocenters. The van der Waals surface area contributed by atoms with Gasteiger partial charge in [-0.15, -0.1) is 0 Å². The van der Waals surface area contributed by atoms with Gasteiger partial charge < -0.3 is 10.2 Å². The standard InChI is InChI=1S/C18H31N3/c1-14(2)19-12-15-8-10-21(11-9-15)17-7-6-16(13-20-17)18(3,4)5/h6-7,13-15,19H,8-12H2,1-5H3. The van der Waals surface area contributed by atoms with E-state index in [0.717, 1.165) is 31.4 Å². The first-order valence-electron chi connectivity index (χ1n) is 8.31. The Balaban J connectivity index is 1.87. The molecule has 0 spiro atoms. The smallest absolute Gasteiger partial charge is 0.128 e. The lowest BCUT2D eigenvalue weighted by Crippen LogP contribution is -2.39. The van der Waals surface area contributed by atoms with Gasteiger partial charge in [0.15, 0.2) is 0 Å². The molecule has 1 aliphatic heterocycles. The van der Waals surface area contributed by atoms with Gasteiger partial charge in [-0.05, 0) is 42.3 Å². The molecule has 1 aromatic heterocycles. The molecule has 1 aromatic rings. The summed E-state index contributed by atoms with van der Waals surface area (Å²) >= 11 is 0. The van der Waals surface area contributed by atoms with Crippen LogP contribution in [0.5, 0.6) is 0 Å². The van der Waals surface area contributed by atoms with E-state index in [0.29, 0.717) is 6.04 Å². The Labute approximate surface area is 130 Å². The second kappa shape index (κ2) is 6.78. The molecule has 0 bridgehead atoms. The number of hydrogen-bond acceptors (Lipinski definition) is 3. The summed E-state index contributed by atoms with van der Waals surface area (Å²) < 4.78 is 0. The van der Waals surface area contributed by atoms with Crippen molar-refractivity contribution in [2.45, 2.75) is 58.9 Å². The number of nitrogens with zero attached hydrogens (tertiary/aromatic N) is 2. The number of aromatic nitrogens is 1. The highest BCUT2D eigenvalue weighted by Crippen LogP contribution is 2.25. The summed E-state index contributed by atoms with van der Waals surface area (Å²) in [6, 6.07) is 5.01. The zero-order valence-electron chi connectivity index (χ0n) is 14.3. The highest BCUT2D eigenvalue weighted by molar-refractivity contribution is 5.40. The van der Waals surface area contributed by atoms with Crippen molar-refractivity contribution in [3.8, 4) is 0 Å². The van der Waals surface area contributed by atoms with E-state index in [-0.39, 0.29) is 5.41 Å². The lowest BCUT2D eigenvalue weighted by Gasteiger charge is -2.33. The van der Waals surface area contributed by atoms with Crippen LogP contribution in [0.4, 0.5) is 5.82 Å². The van der Waals surface area contributed by atoms with E-state index < -0.39 is 0 Å². The zero-order valence-corrected chi connectivity index (χ0v) is 14.3. The van der Waals surface area contributed by atoms with Gasteiger partial charge in [-0.1, -0.05) is 40.7 Å². The molecule has 0 saturated carbocycles. The molecule has 2 heterocycles. The fraction of sp³-hybridized carbons (Fsp3) is 0.722. The quantitative estimate of drug-likeness (QED) is 0.918. The molecular weight excluding hydrogens is 258 g/mol. The molecule has 21 heavy (non-hydrogen) atoms. The molecule has 0 aliphatic carbocycles. The molecule has 118 valence electrons. The maximum Gasteiger partial charge on any atom is 0.128 e. The Hall–Kier alpha value is -1.09. The number of rotatable bonds is 4. The molecule has 0 radical (unpaired) electrons. The van der Waals surface area contributed by atoms with Gasteiger partial charge in [0.25, 0.3) is 0 Å². The van der Waals surface area contributed by atoms with E-state index in [1.54, 1.807) is 0 Å². The normalized spacial score (nSPS) is 17.5. The fourth-order valence-electron chi connectivity index (χ4n) is 2.79. The number of pyridine rings is 1. The number of hydrogen-bond donors (Lipinski definition) is 1. The largest absolute Gasteiger partial charge is 0.357 e. The predicted molar refractivity (Wildman–Crippen MR) is 91.0 cm³/mol. The van der Waals surface area contributed by atoms with Crippen LogP contribution in [0.1, 0.15) is 53.0 Å². The van der Waals surface area contributed by atoms with Gasteiger partial charge in [0.2, 0.25) is 0 Å². The van der Waals surface area contributed by atoms with Crippen molar-refractivity contribution >= 4 is 5.82 Å². The molecular formula is C18H31N3. The molecule has 0 aromatic carbocycles. The summed E-state index contributed by atoms with van der Waals surface area (Å²) in [5.74, 6) is 1.95. The van der Waals surface area contributed by atoms with Crippen molar-refractivity contribution in [2.24, 2.45) is 5.92 Å². The lowest BCUT2D eigenvalue weighted by atomic mass is 9.88. The van der Waals surface area contributed by atoms with Crippen LogP contribution >= 0.6 is 0 Å². The van der Waals surface area contributed by atoms with Crippen molar-refractivity contribution in [3.05, 3.63) is 23.9 Å². The highest BCUT2D eigenvalue weighted by Gasteiger charge is 2.21. The van der Waals surface area contributed by atoms with Crippen LogP contribution in [0.25, 0.3) is 0 Å². The SMILES string of the molecule is CC(C)NCC1CCN(c2ccc(C(C)(C)C)cn2)CC1. The fourth-order valence-corrected chi connectivity index (χ4v) is 2.79. The molecule has 3 nitrogen and oxygen atoms in total. The summed E-state index contributed by atoms with van der Waals surface area (Å²) in [5, 5.41) is 3.56. The Kier molecular flexibility index (Phi) is 5.26. The molecule has 1 saturated heterocycles. The first-order chi connectivity index (χ1) is 9.86. The van der Waals surface area contributed by atoms with Crippen LogP contribution in [-0.4, -0.2) is 30.7 Å². The summed E-state index contributed by atoms with van der Waals surface area (Å²) in [4.78, 5) is 7.11. The van der Waals surface area contributed by atoms with Gasteiger partial charge >= 0.3 is 0 Å². The number of anilines is 1. The molecule has 1 aliphatic rings. The minimum absolute atomic E-state index is 0.182. The second-order valence-corrected chi connectivity index (χ2v) is 7.65. The number of piperidine rings is 1. The third kappa shape index (κ3) is 4.70. The summed E-state index contributed by atoms with van der Waals surface area (Å²) in [6.07, 6.45) is 4.58. The monoisotopic (exact) mass is 289 g/mol. The maximum absolute atomic E-state index is 4.68.